The van der Waals surface area contributed by atoms with Crippen LogP contribution < -0.4 is 0 Å². The van der Waals surface area contributed by atoms with Crippen molar-refractivity contribution in [1.82, 2.24) is 0 Å². The molecule has 1 saturated carbocycles. The van der Waals surface area contributed by atoms with Gasteiger partial charge in [0.1, 0.15) is 0 Å². The number of ether oxygens (including phenoxy) is 1. The van der Waals surface area contributed by atoms with Gasteiger partial charge in [0.15, 0.2) is 0 Å². The van der Waals surface area contributed by atoms with Crippen molar-refractivity contribution >= 4 is 0 Å². The zero-order valence-corrected chi connectivity index (χ0v) is 10.8. The number of epoxide rings is 1. The van der Waals surface area contributed by atoms with Crippen LogP contribution in [0.4, 0.5) is 0 Å². The Balaban J connectivity index is 1.89. The number of fused-ring (bicyclic) bond motifs is 1. The van der Waals surface area contributed by atoms with Gasteiger partial charge < -0.3 is 4.74 Å². The van der Waals surface area contributed by atoms with E-state index in [1.54, 1.807) is 5.57 Å². The summed E-state index contributed by atoms with van der Waals surface area (Å²) in [5.41, 5.74) is 1.97. The van der Waals surface area contributed by atoms with Crippen LogP contribution >= 0.6 is 0 Å². The smallest absolute Gasteiger partial charge is 0.0950 e. The first-order valence-electron chi connectivity index (χ1n) is 6.96. The molecule has 2 aliphatic carbocycles. The molecule has 0 unspecified atom stereocenters. The molecule has 0 bridgehead atoms. The lowest BCUT2D eigenvalue weighted by molar-refractivity contribution is 0.248. The van der Waals surface area contributed by atoms with E-state index in [-0.39, 0.29) is 5.60 Å². The molecule has 1 heterocycles. The van der Waals surface area contributed by atoms with Crippen molar-refractivity contribution in [3.8, 4) is 0 Å². The van der Waals surface area contributed by atoms with Gasteiger partial charge in [-0.25, -0.2) is 0 Å². The Morgan fingerprint density at radius 3 is 2.62 bits per heavy atom. The van der Waals surface area contributed by atoms with Crippen molar-refractivity contribution in [1.29, 1.82) is 0 Å². The van der Waals surface area contributed by atoms with Crippen LogP contribution in [-0.2, 0) is 4.74 Å². The molecule has 3 rings (SSSR count). The first kappa shape index (κ1) is 10.8. The standard InChI is InChI=1S/C15H24O/c1-10-4-6-12(15(3)9-16-15)8-14-11(2)5-7-13(10)14/h8,10-13H,4-7,9H2,1-3H3/t10-,11-,12-,13-,15+/m1/s1. The van der Waals surface area contributed by atoms with E-state index in [0.29, 0.717) is 5.92 Å². The number of rotatable bonds is 1. The lowest BCUT2D eigenvalue weighted by atomic mass is 9.87. The van der Waals surface area contributed by atoms with Gasteiger partial charge in [-0.3, -0.25) is 0 Å². The lowest BCUT2D eigenvalue weighted by Gasteiger charge is -2.19. The van der Waals surface area contributed by atoms with Gasteiger partial charge in [0.05, 0.1) is 12.2 Å². The molecule has 1 saturated heterocycles. The molecule has 1 nitrogen and oxygen atoms in total. The second kappa shape index (κ2) is 3.60. The van der Waals surface area contributed by atoms with Crippen LogP contribution in [0.15, 0.2) is 11.6 Å². The minimum absolute atomic E-state index is 0.198. The maximum atomic E-state index is 5.67. The monoisotopic (exact) mass is 220 g/mol. The van der Waals surface area contributed by atoms with E-state index >= 15 is 0 Å². The van der Waals surface area contributed by atoms with Crippen molar-refractivity contribution in [2.24, 2.45) is 23.7 Å². The second-order valence-electron chi connectivity index (χ2n) is 6.51. The Bertz CT molecular complexity index is 313. The van der Waals surface area contributed by atoms with Crippen molar-refractivity contribution in [3.05, 3.63) is 11.6 Å². The van der Waals surface area contributed by atoms with E-state index < -0.39 is 0 Å². The van der Waals surface area contributed by atoms with E-state index in [1.165, 1.54) is 25.7 Å². The molecule has 1 heteroatoms. The molecule has 0 amide bonds. The average Bonchev–Trinajstić information content (AvgIpc) is 2.92. The van der Waals surface area contributed by atoms with E-state index in [9.17, 15) is 0 Å². The predicted molar refractivity (Wildman–Crippen MR) is 66.2 cm³/mol. The summed E-state index contributed by atoms with van der Waals surface area (Å²) in [5.74, 6) is 3.30. The van der Waals surface area contributed by atoms with Crippen LogP contribution in [0.2, 0.25) is 0 Å². The summed E-state index contributed by atoms with van der Waals surface area (Å²) in [4.78, 5) is 0. The zero-order valence-electron chi connectivity index (χ0n) is 10.8. The van der Waals surface area contributed by atoms with Crippen molar-refractivity contribution < 1.29 is 4.74 Å². The summed E-state index contributed by atoms with van der Waals surface area (Å²) >= 11 is 0. The second-order valence-corrected chi connectivity index (χ2v) is 6.51. The topological polar surface area (TPSA) is 12.5 Å². The molecule has 0 aromatic carbocycles. The molecule has 16 heavy (non-hydrogen) atoms. The molecule has 90 valence electrons. The molecule has 0 aromatic heterocycles. The van der Waals surface area contributed by atoms with E-state index in [2.05, 4.69) is 26.8 Å². The van der Waals surface area contributed by atoms with Crippen LogP contribution in [0.3, 0.4) is 0 Å². The van der Waals surface area contributed by atoms with Crippen LogP contribution in [0.5, 0.6) is 0 Å². The molecule has 1 aliphatic heterocycles. The minimum atomic E-state index is 0.198. The summed E-state index contributed by atoms with van der Waals surface area (Å²) in [7, 11) is 0. The van der Waals surface area contributed by atoms with Gasteiger partial charge in [0.2, 0.25) is 0 Å². The van der Waals surface area contributed by atoms with Crippen LogP contribution in [0, 0.1) is 23.7 Å². The average molecular weight is 220 g/mol. The summed E-state index contributed by atoms with van der Waals surface area (Å²) < 4.78 is 5.67. The quantitative estimate of drug-likeness (QED) is 0.484. The van der Waals surface area contributed by atoms with E-state index in [0.717, 1.165) is 24.4 Å². The molecular formula is C15H24O. The van der Waals surface area contributed by atoms with Crippen molar-refractivity contribution in [2.45, 2.75) is 52.1 Å². The largest absolute Gasteiger partial charge is 0.369 e. The van der Waals surface area contributed by atoms with Gasteiger partial charge in [0, 0.05) is 5.92 Å². The Hall–Kier alpha value is -0.300. The third kappa shape index (κ3) is 1.64. The molecule has 0 aromatic rings. The first-order valence-corrected chi connectivity index (χ1v) is 6.96. The first-order chi connectivity index (χ1) is 7.60. The predicted octanol–water partition coefficient (Wildman–Crippen LogP) is 3.79. The van der Waals surface area contributed by atoms with Gasteiger partial charge in [0.25, 0.3) is 0 Å². The third-order valence-corrected chi connectivity index (χ3v) is 5.31. The molecule has 3 aliphatic rings. The number of allylic oxidation sites excluding steroid dienone is 1. The van der Waals surface area contributed by atoms with Crippen LogP contribution in [-0.4, -0.2) is 12.2 Å². The SMILES string of the molecule is C[C@@H]1CC[C@H]2C1=C[C@H]([C@]1(C)CO1)CC[C@H]2C. The molecule has 0 N–H and O–H groups in total. The normalized spacial score (nSPS) is 51.8. The molecule has 0 spiro atoms. The summed E-state index contributed by atoms with van der Waals surface area (Å²) in [5, 5.41) is 0. The Morgan fingerprint density at radius 1 is 1.19 bits per heavy atom. The van der Waals surface area contributed by atoms with Gasteiger partial charge in [-0.15, -0.1) is 0 Å². The fourth-order valence-corrected chi connectivity index (χ4v) is 3.80. The van der Waals surface area contributed by atoms with Gasteiger partial charge in [-0.2, -0.15) is 0 Å². The number of hydrogen-bond acceptors (Lipinski definition) is 1. The maximum absolute atomic E-state index is 5.67. The Morgan fingerprint density at radius 2 is 1.94 bits per heavy atom. The lowest BCUT2D eigenvalue weighted by Crippen LogP contribution is -2.18. The van der Waals surface area contributed by atoms with Crippen LogP contribution in [0.1, 0.15) is 46.5 Å². The van der Waals surface area contributed by atoms with E-state index in [4.69, 9.17) is 4.74 Å². The molecule has 0 radical (unpaired) electrons. The highest BCUT2D eigenvalue weighted by molar-refractivity contribution is 5.21. The summed E-state index contributed by atoms with van der Waals surface area (Å²) in [6.07, 6.45) is 8.17. The van der Waals surface area contributed by atoms with Gasteiger partial charge >= 0.3 is 0 Å². The third-order valence-electron chi connectivity index (χ3n) is 5.31. The minimum Gasteiger partial charge on any atom is -0.369 e. The highest BCUT2D eigenvalue weighted by atomic mass is 16.6. The fourth-order valence-electron chi connectivity index (χ4n) is 3.80. The number of hydrogen-bond donors (Lipinski definition) is 0. The maximum Gasteiger partial charge on any atom is 0.0950 e. The molecular weight excluding hydrogens is 196 g/mol. The van der Waals surface area contributed by atoms with Crippen molar-refractivity contribution in [3.63, 3.8) is 0 Å². The molecule has 2 fully saturated rings. The highest BCUT2D eigenvalue weighted by Crippen LogP contribution is 2.49. The van der Waals surface area contributed by atoms with Gasteiger partial charge in [-0.05, 0) is 50.4 Å². The Labute approximate surface area is 99.3 Å². The summed E-state index contributed by atoms with van der Waals surface area (Å²) in [6, 6.07) is 0. The molecule has 5 atom stereocenters. The fraction of sp³-hybridized carbons (Fsp3) is 0.867. The van der Waals surface area contributed by atoms with Gasteiger partial charge in [-0.1, -0.05) is 25.5 Å². The van der Waals surface area contributed by atoms with Crippen LogP contribution in [0.25, 0.3) is 0 Å². The van der Waals surface area contributed by atoms with E-state index in [1.807, 2.05) is 0 Å². The highest BCUT2D eigenvalue weighted by Gasteiger charge is 2.47. The zero-order chi connectivity index (χ0) is 11.3. The Kier molecular flexibility index (Phi) is 2.43. The summed E-state index contributed by atoms with van der Waals surface area (Å²) in [6.45, 7) is 8.14. The van der Waals surface area contributed by atoms with Crippen molar-refractivity contribution in [2.75, 3.05) is 6.61 Å².